The molecular formula is C19H21FN2O3. The van der Waals surface area contributed by atoms with E-state index in [1.54, 1.807) is 30.3 Å². The van der Waals surface area contributed by atoms with E-state index in [2.05, 4.69) is 10.6 Å². The van der Waals surface area contributed by atoms with E-state index in [0.717, 1.165) is 6.42 Å². The van der Waals surface area contributed by atoms with Crippen molar-refractivity contribution in [2.24, 2.45) is 0 Å². The van der Waals surface area contributed by atoms with Crippen LogP contribution in [0.2, 0.25) is 0 Å². The first kappa shape index (κ1) is 18.6. The molecular weight excluding hydrogens is 323 g/mol. The van der Waals surface area contributed by atoms with Gasteiger partial charge in [0, 0.05) is 17.8 Å². The molecule has 2 amide bonds. The number of rotatable bonds is 7. The summed E-state index contributed by atoms with van der Waals surface area (Å²) >= 11 is 0. The van der Waals surface area contributed by atoms with Gasteiger partial charge in [-0.2, -0.15) is 0 Å². The zero-order chi connectivity index (χ0) is 18.2. The van der Waals surface area contributed by atoms with Crippen LogP contribution in [-0.2, 0) is 9.59 Å². The van der Waals surface area contributed by atoms with Crippen molar-refractivity contribution in [3.05, 3.63) is 59.9 Å². The van der Waals surface area contributed by atoms with Gasteiger partial charge in [0.15, 0.2) is 0 Å². The smallest absolute Gasteiger partial charge is 0.227 e. The normalized spacial score (nSPS) is 11.6. The molecule has 5 nitrogen and oxygen atoms in total. The first-order chi connectivity index (χ1) is 12.0. The Morgan fingerprint density at radius 2 is 1.68 bits per heavy atom. The molecule has 0 saturated heterocycles. The third-order valence-electron chi connectivity index (χ3n) is 3.52. The number of carbonyl (C=O) groups excluding carboxylic acids is 2. The number of hydrogen-bond acceptors (Lipinski definition) is 3. The lowest BCUT2D eigenvalue weighted by molar-refractivity contribution is -0.118. The van der Waals surface area contributed by atoms with Gasteiger partial charge in [-0.3, -0.25) is 9.59 Å². The van der Waals surface area contributed by atoms with Crippen LogP contribution < -0.4 is 10.6 Å². The van der Waals surface area contributed by atoms with Crippen LogP contribution in [0.1, 0.15) is 37.9 Å². The summed E-state index contributed by atoms with van der Waals surface area (Å²) in [6.07, 6.45) is -0.116. The average molecular weight is 344 g/mol. The van der Waals surface area contributed by atoms with E-state index in [0.29, 0.717) is 23.4 Å². The number of nitrogens with one attached hydrogen (secondary N) is 2. The molecule has 0 aliphatic carbocycles. The Morgan fingerprint density at radius 1 is 1.04 bits per heavy atom. The van der Waals surface area contributed by atoms with Gasteiger partial charge in [-0.25, -0.2) is 4.39 Å². The largest absolute Gasteiger partial charge is 0.388 e. The van der Waals surface area contributed by atoms with Gasteiger partial charge >= 0.3 is 0 Å². The van der Waals surface area contributed by atoms with Crippen LogP contribution >= 0.6 is 0 Å². The van der Waals surface area contributed by atoms with Crippen LogP contribution in [0.3, 0.4) is 0 Å². The molecule has 2 aromatic rings. The number of carbonyl (C=O) groups is 2. The molecule has 1 atom stereocenters. The molecule has 0 bridgehead atoms. The van der Waals surface area contributed by atoms with Crippen LogP contribution in [0.5, 0.6) is 0 Å². The zero-order valence-electron chi connectivity index (χ0n) is 14.0. The van der Waals surface area contributed by atoms with Crippen molar-refractivity contribution >= 4 is 23.2 Å². The minimum Gasteiger partial charge on any atom is -0.388 e. The molecule has 132 valence electrons. The van der Waals surface area contributed by atoms with E-state index in [-0.39, 0.29) is 12.3 Å². The number of halogens is 1. The summed E-state index contributed by atoms with van der Waals surface area (Å²) in [6.45, 7) is 1.92. The molecule has 25 heavy (non-hydrogen) atoms. The van der Waals surface area contributed by atoms with Crippen molar-refractivity contribution in [2.75, 3.05) is 10.6 Å². The predicted molar refractivity (Wildman–Crippen MR) is 94.6 cm³/mol. The second kappa shape index (κ2) is 8.94. The fourth-order valence-corrected chi connectivity index (χ4v) is 2.34. The van der Waals surface area contributed by atoms with E-state index < -0.39 is 17.8 Å². The van der Waals surface area contributed by atoms with E-state index >= 15 is 0 Å². The van der Waals surface area contributed by atoms with Crippen molar-refractivity contribution in [1.29, 1.82) is 0 Å². The van der Waals surface area contributed by atoms with Gasteiger partial charge in [0.05, 0.1) is 12.5 Å². The maximum atomic E-state index is 13.2. The van der Waals surface area contributed by atoms with Crippen LogP contribution in [0, 0.1) is 5.82 Å². The third-order valence-corrected chi connectivity index (χ3v) is 3.52. The number of anilines is 2. The fourth-order valence-electron chi connectivity index (χ4n) is 2.34. The Kier molecular flexibility index (Phi) is 6.65. The summed E-state index contributed by atoms with van der Waals surface area (Å²) in [5.41, 5.74) is 1.43. The van der Waals surface area contributed by atoms with Gasteiger partial charge in [-0.05, 0) is 42.3 Å². The van der Waals surface area contributed by atoms with Crippen LogP contribution in [0.4, 0.5) is 15.8 Å². The van der Waals surface area contributed by atoms with E-state index in [9.17, 15) is 19.1 Å². The molecule has 6 heteroatoms. The first-order valence-corrected chi connectivity index (χ1v) is 8.11. The second-order valence-corrected chi connectivity index (χ2v) is 5.70. The highest BCUT2D eigenvalue weighted by Gasteiger charge is 2.14. The lowest BCUT2D eigenvalue weighted by Gasteiger charge is -2.12. The highest BCUT2D eigenvalue weighted by Crippen LogP contribution is 2.20. The lowest BCUT2D eigenvalue weighted by atomic mass is 10.1. The summed E-state index contributed by atoms with van der Waals surface area (Å²) in [6, 6.07) is 12.3. The highest BCUT2D eigenvalue weighted by molar-refractivity contribution is 5.94. The number of hydrogen-bond donors (Lipinski definition) is 3. The minimum absolute atomic E-state index is 0.0903. The van der Waals surface area contributed by atoms with Crippen molar-refractivity contribution in [3.8, 4) is 0 Å². The number of amides is 2. The van der Waals surface area contributed by atoms with E-state index in [1.807, 2.05) is 6.92 Å². The summed E-state index contributed by atoms with van der Waals surface area (Å²) in [4.78, 5) is 23.7. The van der Waals surface area contributed by atoms with Gasteiger partial charge in [-0.1, -0.05) is 25.1 Å². The minimum atomic E-state index is -1.09. The Labute approximate surface area is 145 Å². The molecule has 0 heterocycles. The molecule has 0 aromatic heterocycles. The van der Waals surface area contributed by atoms with Gasteiger partial charge in [0.1, 0.15) is 5.82 Å². The van der Waals surface area contributed by atoms with Crippen LogP contribution in [0.15, 0.2) is 48.5 Å². The van der Waals surface area contributed by atoms with Crippen molar-refractivity contribution < 1.29 is 19.1 Å². The van der Waals surface area contributed by atoms with Crippen LogP contribution in [-0.4, -0.2) is 16.9 Å². The summed E-state index contributed by atoms with van der Waals surface area (Å²) in [5, 5.41) is 15.4. The van der Waals surface area contributed by atoms with E-state index in [4.69, 9.17) is 0 Å². The standard InChI is InChI=1S/C19H21FN2O3/c1-2-5-18(24)21-15-8-4-9-16(11-15)22-19(25)12-17(23)13-6-3-7-14(20)10-13/h3-4,6-11,17,23H,2,5,12H2,1H3,(H,21,24)(H,22,25). The highest BCUT2D eigenvalue weighted by atomic mass is 19.1. The molecule has 0 aliphatic rings. The zero-order valence-corrected chi connectivity index (χ0v) is 14.0. The maximum Gasteiger partial charge on any atom is 0.227 e. The van der Waals surface area contributed by atoms with Gasteiger partial charge in [0.25, 0.3) is 0 Å². The van der Waals surface area contributed by atoms with Crippen molar-refractivity contribution in [1.82, 2.24) is 0 Å². The lowest BCUT2D eigenvalue weighted by Crippen LogP contribution is -2.16. The first-order valence-electron chi connectivity index (χ1n) is 8.11. The molecule has 0 aliphatic heterocycles. The molecule has 2 rings (SSSR count). The second-order valence-electron chi connectivity index (χ2n) is 5.70. The Hall–Kier alpha value is -2.73. The molecule has 0 radical (unpaired) electrons. The molecule has 0 fully saturated rings. The van der Waals surface area contributed by atoms with Crippen molar-refractivity contribution in [2.45, 2.75) is 32.3 Å². The van der Waals surface area contributed by atoms with E-state index in [1.165, 1.54) is 18.2 Å². The Bertz CT molecular complexity index is 749. The Morgan fingerprint density at radius 3 is 2.32 bits per heavy atom. The molecule has 0 saturated carbocycles. The summed E-state index contributed by atoms with van der Waals surface area (Å²) < 4.78 is 13.2. The van der Waals surface area contributed by atoms with Crippen LogP contribution in [0.25, 0.3) is 0 Å². The summed E-state index contributed by atoms with van der Waals surface area (Å²) in [7, 11) is 0. The van der Waals surface area contributed by atoms with Crippen molar-refractivity contribution in [3.63, 3.8) is 0 Å². The molecule has 3 N–H and O–H groups in total. The number of aliphatic hydroxyl groups excluding tert-OH is 1. The monoisotopic (exact) mass is 344 g/mol. The van der Waals surface area contributed by atoms with Gasteiger partial charge < -0.3 is 15.7 Å². The topological polar surface area (TPSA) is 78.4 Å². The number of aliphatic hydroxyl groups is 1. The molecule has 1 unspecified atom stereocenters. The maximum absolute atomic E-state index is 13.2. The van der Waals surface area contributed by atoms with Gasteiger partial charge in [0.2, 0.25) is 11.8 Å². The summed E-state index contributed by atoms with van der Waals surface area (Å²) in [5.74, 6) is -0.964. The predicted octanol–water partition coefficient (Wildman–Crippen LogP) is 3.63. The SMILES string of the molecule is CCCC(=O)Nc1cccc(NC(=O)CC(O)c2cccc(F)c2)c1. The third kappa shape index (κ3) is 6.00. The fraction of sp³-hybridized carbons (Fsp3) is 0.263. The quantitative estimate of drug-likeness (QED) is 0.718. The number of benzene rings is 2. The Balaban J connectivity index is 1.95. The van der Waals surface area contributed by atoms with Gasteiger partial charge in [-0.15, -0.1) is 0 Å². The molecule has 0 spiro atoms. The molecule has 2 aromatic carbocycles. The average Bonchev–Trinajstić information content (AvgIpc) is 2.55.